The minimum absolute atomic E-state index is 0.0528. The van der Waals surface area contributed by atoms with Crippen LogP contribution in [0.3, 0.4) is 0 Å². The minimum atomic E-state index is -0.822. The molecule has 7 nitrogen and oxygen atoms in total. The van der Waals surface area contributed by atoms with Gasteiger partial charge in [0.05, 0.1) is 4.34 Å². The summed E-state index contributed by atoms with van der Waals surface area (Å²) >= 11 is 7.02. The third-order valence-electron chi connectivity index (χ3n) is 2.60. The highest BCUT2D eigenvalue weighted by molar-refractivity contribution is 7.16. The van der Waals surface area contributed by atoms with Crippen molar-refractivity contribution in [1.29, 1.82) is 0 Å². The number of rotatable bonds is 5. The number of aryl methyl sites for hydroxylation is 1. The number of nitrogens with one attached hydrogen (secondary N) is 1. The van der Waals surface area contributed by atoms with Crippen LogP contribution < -0.4 is 11.0 Å². The first kappa shape index (κ1) is 14.8. The monoisotopic (exact) mass is 316 g/mol. The van der Waals surface area contributed by atoms with Gasteiger partial charge in [-0.15, -0.1) is 11.3 Å². The quantitative estimate of drug-likeness (QED) is 0.821. The standard InChI is InChI=1S/C11H13ClN4O3S/c1-15-6-14-16(11(15)19)5-10(18)13-4-7(17)8-2-3-9(12)20-8/h2-3,6-7,17H,4-5H2,1H3,(H,13,18)/t7-/m0/s1. The Morgan fingerprint density at radius 1 is 1.60 bits per heavy atom. The molecule has 0 saturated carbocycles. The summed E-state index contributed by atoms with van der Waals surface area (Å²) in [5.41, 5.74) is -0.370. The van der Waals surface area contributed by atoms with Crippen molar-refractivity contribution in [2.24, 2.45) is 7.05 Å². The average molecular weight is 317 g/mol. The van der Waals surface area contributed by atoms with Crippen molar-refractivity contribution in [3.8, 4) is 0 Å². The second-order valence-electron chi connectivity index (χ2n) is 4.14. The average Bonchev–Trinajstić information content (AvgIpc) is 2.97. The number of amides is 1. The molecular weight excluding hydrogens is 304 g/mol. The van der Waals surface area contributed by atoms with E-state index >= 15 is 0 Å². The van der Waals surface area contributed by atoms with E-state index in [9.17, 15) is 14.7 Å². The van der Waals surface area contributed by atoms with Crippen LogP contribution in [-0.2, 0) is 18.4 Å². The van der Waals surface area contributed by atoms with Crippen molar-refractivity contribution in [3.05, 3.63) is 38.2 Å². The van der Waals surface area contributed by atoms with Crippen molar-refractivity contribution in [2.45, 2.75) is 12.6 Å². The molecule has 108 valence electrons. The third-order valence-corrected chi connectivity index (χ3v) is 3.93. The van der Waals surface area contributed by atoms with Crippen molar-refractivity contribution < 1.29 is 9.90 Å². The van der Waals surface area contributed by atoms with E-state index in [1.165, 1.54) is 22.2 Å². The van der Waals surface area contributed by atoms with Crippen LogP contribution in [0.5, 0.6) is 0 Å². The second-order valence-corrected chi connectivity index (χ2v) is 5.89. The fraction of sp³-hybridized carbons (Fsp3) is 0.364. The Labute approximate surface area is 123 Å². The predicted octanol–water partition coefficient (Wildman–Crippen LogP) is 0.147. The molecule has 0 spiro atoms. The van der Waals surface area contributed by atoms with Gasteiger partial charge in [-0.2, -0.15) is 5.10 Å². The number of thiophene rings is 1. The molecule has 20 heavy (non-hydrogen) atoms. The molecule has 0 aromatic carbocycles. The summed E-state index contributed by atoms with van der Waals surface area (Å²) in [4.78, 5) is 23.8. The minimum Gasteiger partial charge on any atom is -0.386 e. The number of carbonyl (C=O) groups is 1. The Hall–Kier alpha value is -1.64. The summed E-state index contributed by atoms with van der Waals surface area (Å²) in [5.74, 6) is -0.396. The largest absolute Gasteiger partial charge is 0.386 e. The Morgan fingerprint density at radius 2 is 2.35 bits per heavy atom. The van der Waals surface area contributed by atoms with E-state index in [1.807, 2.05) is 0 Å². The van der Waals surface area contributed by atoms with Crippen LogP contribution in [0.1, 0.15) is 11.0 Å². The normalized spacial score (nSPS) is 12.3. The lowest BCUT2D eigenvalue weighted by Gasteiger charge is -2.09. The van der Waals surface area contributed by atoms with Crippen LogP contribution >= 0.6 is 22.9 Å². The fourth-order valence-electron chi connectivity index (χ4n) is 1.54. The van der Waals surface area contributed by atoms with Gasteiger partial charge in [0.25, 0.3) is 0 Å². The first-order chi connectivity index (χ1) is 9.47. The molecule has 0 bridgehead atoms. The van der Waals surface area contributed by atoms with E-state index in [1.54, 1.807) is 19.2 Å². The molecule has 1 atom stereocenters. The molecule has 2 N–H and O–H groups in total. The van der Waals surface area contributed by atoms with E-state index in [-0.39, 0.29) is 18.8 Å². The first-order valence-electron chi connectivity index (χ1n) is 5.76. The molecule has 2 aromatic rings. The van der Waals surface area contributed by atoms with E-state index in [4.69, 9.17) is 11.6 Å². The van der Waals surface area contributed by atoms with E-state index in [0.717, 1.165) is 4.68 Å². The fourth-order valence-corrected chi connectivity index (χ4v) is 2.59. The molecule has 0 saturated heterocycles. The number of halogens is 1. The number of aromatic nitrogens is 3. The van der Waals surface area contributed by atoms with Gasteiger partial charge in [-0.1, -0.05) is 11.6 Å². The SMILES string of the molecule is Cn1cnn(CC(=O)NC[C@H](O)c2ccc(Cl)s2)c1=O. The summed E-state index contributed by atoms with van der Waals surface area (Å²) in [6.07, 6.45) is 0.509. The zero-order valence-electron chi connectivity index (χ0n) is 10.6. The van der Waals surface area contributed by atoms with Gasteiger partial charge in [0, 0.05) is 18.5 Å². The number of carbonyl (C=O) groups excluding carboxylic acids is 1. The van der Waals surface area contributed by atoms with Gasteiger partial charge in [-0.3, -0.25) is 9.36 Å². The lowest BCUT2D eigenvalue weighted by molar-refractivity contribution is -0.122. The molecule has 1 amide bonds. The van der Waals surface area contributed by atoms with Crippen molar-refractivity contribution in [3.63, 3.8) is 0 Å². The molecule has 0 aliphatic carbocycles. The Morgan fingerprint density at radius 3 is 2.90 bits per heavy atom. The zero-order valence-corrected chi connectivity index (χ0v) is 12.2. The highest BCUT2D eigenvalue weighted by Gasteiger charge is 2.13. The van der Waals surface area contributed by atoms with Crippen LogP contribution in [0.2, 0.25) is 4.34 Å². The van der Waals surface area contributed by atoms with Gasteiger partial charge in [-0.25, -0.2) is 9.48 Å². The van der Waals surface area contributed by atoms with Crippen LogP contribution in [-0.4, -0.2) is 31.9 Å². The topological polar surface area (TPSA) is 89.2 Å². The molecule has 2 rings (SSSR count). The van der Waals surface area contributed by atoms with Crippen LogP contribution in [0, 0.1) is 0 Å². The van der Waals surface area contributed by atoms with E-state index < -0.39 is 12.0 Å². The van der Waals surface area contributed by atoms with Gasteiger partial charge < -0.3 is 10.4 Å². The highest BCUT2D eigenvalue weighted by atomic mass is 35.5. The van der Waals surface area contributed by atoms with Gasteiger partial charge in [0.2, 0.25) is 5.91 Å². The van der Waals surface area contributed by atoms with Gasteiger partial charge in [-0.05, 0) is 12.1 Å². The smallest absolute Gasteiger partial charge is 0.345 e. The molecule has 2 heterocycles. The Kier molecular flexibility index (Phi) is 4.58. The summed E-state index contributed by atoms with van der Waals surface area (Å²) in [5, 5.41) is 16.2. The van der Waals surface area contributed by atoms with Crippen molar-refractivity contribution in [1.82, 2.24) is 19.7 Å². The van der Waals surface area contributed by atoms with E-state index in [0.29, 0.717) is 9.21 Å². The van der Waals surface area contributed by atoms with Crippen molar-refractivity contribution >= 4 is 28.8 Å². The molecule has 0 aliphatic heterocycles. The Balaban J connectivity index is 1.86. The number of hydrogen-bond acceptors (Lipinski definition) is 5. The van der Waals surface area contributed by atoms with Crippen LogP contribution in [0.4, 0.5) is 0 Å². The van der Waals surface area contributed by atoms with Gasteiger partial charge in [0.15, 0.2) is 0 Å². The molecule has 2 aromatic heterocycles. The maximum absolute atomic E-state index is 11.7. The summed E-state index contributed by atoms with van der Waals surface area (Å²) in [6, 6.07) is 3.38. The van der Waals surface area contributed by atoms with Crippen LogP contribution in [0.15, 0.2) is 23.3 Å². The molecular formula is C11H13ClN4O3S. The molecule has 0 unspecified atom stereocenters. The summed E-state index contributed by atoms with van der Waals surface area (Å²) in [7, 11) is 1.55. The number of aliphatic hydroxyl groups excluding tert-OH is 1. The number of hydrogen-bond donors (Lipinski definition) is 2. The predicted molar refractivity (Wildman–Crippen MR) is 74.8 cm³/mol. The number of nitrogens with zero attached hydrogens (tertiary/aromatic N) is 3. The number of aliphatic hydroxyl groups is 1. The highest BCUT2D eigenvalue weighted by Crippen LogP contribution is 2.26. The molecule has 0 fully saturated rings. The first-order valence-corrected chi connectivity index (χ1v) is 6.95. The van der Waals surface area contributed by atoms with E-state index in [2.05, 4.69) is 10.4 Å². The third kappa shape index (κ3) is 3.47. The maximum Gasteiger partial charge on any atom is 0.345 e. The van der Waals surface area contributed by atoms with Crippen LogP contribution in [0.25, 0.3) is 0 Å². The van der Waals surface area contributed by atoms with Gasteiger partial charge >= 0.3 is 5.69 Å². The molecule has 0 radical (unpaired) electrons. The molecule has 9 heteroatoms. The summed E-state index contributed by atoms with van der Waals surface area (Å²) < 4.78 is 2.89. The zero-order chi connectivity index (χ0) is 14.7. The maximum atomic E-state index is 11.7. The van der Waals surface area contributed by atoms with Gasteiger partial charge in [0.1, 0.15) is 19.0 Å². The van der Waals surface area contributed by atoms with Crippen molar-refractivity contribution in [2.75, 3.05) is 6.54 Å². The molecule has 0 aliphatic rings. The lowest BCUT2D eigenvalue weighted by Crippen LogP contribution is -2.35. The summed E-state index contributed by atoms with van der Waals surface area (Å²) in [6.45, 7) is -0.130. The Bertz CT molecular complexity index is 663. The second kappa shape index (κ2) is 6.21. The lowest BCUT2D eigenvalue weighted by atomic mass is 10.3.